The van der Waals surface area contributed by atoms with Gasteiger partial charge in [-0.1, -0.05) is 6.07 Å². The predicted octanol–water partition coefficient (Wildman–Crippen LogP) is 3.21. The maximum absolute atomic E-state index is 6.14. The van der Waals surface area contributed by atoms with Gasteiger partial charge in [-0.05, 0) is 44.2 Å². The van der Waals surface area contributed by atoms with E-state index in [2.05, 4.69) is 40.2 Å². The third-order valence-corrected chi connectivity index (χ3v) is 7.29. The second-order valence-corrected chi connectivity index (χ2v) is 9.02. The molecular formula is C23H35IN4O2. The molecule has 0 radical (unpaired) electrons. The van der Waals surface area contributed by atoms with Gasteiger partial charge in [0.25, 0.3) is 0 Å². The van der Waals surface area contributed by atoms with Crippen molar-refractivity contribution in [3.8, 4) is 5.75 Å². The Morgan fingerprint density at radius 3 is 2.63 bits per heavy atom. The van der Waals surface area contributed by atoms with Gasteiger partial charge in [-0.15, -0.1) is 24.0 Å². The Kier molecular flexibility index (Phi) is 6.97. The molecule has 0 aliphatic carbocycles. The van der Waals surface area contributed by atoms with Crippen molar-refractivity contribution >= 4 is 35.6 Å². The van der Waals surface area contributed by atoms with Gasteiger partial charge in [0.2, 0.25) is 0 Å². The first-order chi connectivity index (χ1) is 14.2. The number of anilines is 1. The molecule has 5 atom stereocenters. The van der Waals surface area contributed by atoms with Crippen molar-refractivity contribution in [1.29, 1.82) is 0 Å². The topological polar surface area (TPSA) is 49.3 Å². The summed E-state index contributed by atoms with van der Waals surface area (Å²) in [6, 6.07) is 8.39. The molecule has 5 rings (SSSR count). The van der Waals surface area contributed by atoms with Gasteiger partial charge in [0.1, 0.15) is 5.75 Å². The lowest BCUT2D eigenvalue weighted by Gasteiger charge is -2.24. The van der Waals surface area contributed by atoms with Gasteiger partial charge >= 0.3 is 0 Å². The van der Waals surface area contributed by atoms with E-state index in [-0.39, 0.29) is 24.0 Å². The molecule has 4 heterocycles. The van der Waals surface area contributed by atoms with Gasteiger partial charge in [-0.25, -0.2) is 0 Å². The summed E-state index contributed by atoms with van der Waals surface area (Å²) in [7, 11) is 1.73. The van der Waals surface area contributed by atoms with Crippen molar-refractivity contribution in [1.82, 2.24) is 10.2 Å². The van der Waals surface area contributed by atoms with Crippen molar-refractivity contribution in [2.45, 2.75) is 38.4 Å². The summed E-state index contributed by atoms with van der Waals surface area (Å²) in [6.45, 7) is 8.38. The van der Waals surface area contributed by atoms with Crippen LogP contribution in [0.25, 0.3) is 0 Å². The van der Waals surface area contributed by atoms with E-state index in [4.69, 9.17) is 14.5 Å². The zero-order chi connectivity index (χ0) is 19.8. The summed E-state index contributed by atoms with van der Waals surface area (Å²) < 4.78 is 11.5. The van der Waals surface area contributed by atoms with Crippen LogP contribution in [0.2, 0.25) is 0 Å². The van der Waals surface area contributed by atoms with Crippen LogP contribution in [0.15, 0.2) is 29.3 Å². The van der Waals surface area contributed by atoms with Crippen LogP contribution in [0, 0.1) is 17.8 Å². The monoisotopic (exact) mass is 526 g/mol. The van der Waals surface area contributed by atoms with Gasteiger partial charge in [0.15, 0.2) is 5.96 Å². The number of benzene rings is 1. The zero-order valence-corrected chi connectivity index (χ0v) is 20.5. The molecule has 4 aliphatic rings. The number of hydrogen-bond acceptors (Lipinski definition) is 4. The minimum absolute atomic E-state index is 0. The molecule has 0 saturated carbocycles. The average Bonchev–Trinajstić information content (AvgIpc) is 3.53. The summed E-state index contributed by atoms with van der Waals surface area (Å²) >= 11 is 0. The third-order valence-electron chi connectivity index (χ3n) is 7.29. The molecule has 7 heteroatoms. The minimum Gasteiger partial charge on any atom is -0.497 e. The lowest BCUT2D eigenvalue weighted by molar-refractivity contribution is 0.0767. The fourth-order valence-electron chi connectivity index (χ4n) is 5.80. The maximum atomic E-state index is 6.14. The van der Waals surface area contributed by atoms with Crippen LogP contribution in [0.1, 0.15) is 26.2 Å². The predicted molar refractivity (Wildman–Crippen MR) is 131 cm³/mol. The van der Waals surface area contributed by atoms with Crippen LogP contribution in [-0.4, -0.2) is 69.4 Å². The summed E-state index contributed by atoms with van der Waals surface area (Å²) in [5.41, 5.74) is 1.26. The van der Waals surface area contributed by atoms with Gasteiger partial charge in [-0.3, -0.25) is 4.99 Å². The standard InChI is InChI=1S/C23H34N4O2.HI/c1-3-24-23(27-14-19-20(15-27)22-8-7-21(19)29-22)25-12-16-9-10-26(13-16)17-5-4-6-18(11-17)28-2;/h4-6,11,16,19-22H,3,7-10,12-15H2,1-2H3,(H,24,25);1H. The van der Waals surface area contributed by atoms with E-state index >= 15 is 0 Å². The number of nitrogens with one attached hydrogen (secondary N) is 1. The highest BCUT2D eigenvalue weighted by Gasteiger charge is 2.53. The molecule has 1 aromatic rings. The lowest BCUT2D eigenvalue weighted by Crippen LogP contribution is -2.41. The normalized spacial score (nSPS) is 32.3. The van der Waals surface area contributed by atoms with Crippen molar-refractivity contribution in [3.63, 3.8) is 0 Å². The smallest absolute Gasteiger partial charge is 0.193 e. The Labute approximate surface area is 197 Å². The average molecular weight is 526 g/mol. The Bertz CT molecular complexity index is 742. The highest BCUT2D eigenvalue weighted by molar-refractivity contribution is 14.0. The number of nitrogens with zero attached hydrogens (tertiary/aromatic N) is 3. The number of fused-ring (bicyclic) bond motifs is 5. The summed E-state index contributed by atoms with van der Waals surface area (Å²) in [5, 5.41) is 3.55. The fourth-order valence-corrected chi connectivity index (χ4v) is 5.80. The largest absolute Gasteiger partial charge is 0.497 e. The Morgan fingerprint density at radius 2 is 1.93 bits per heavy atom. The minimum atomic E-state index is 0. The summed E-state index contributed by atoms with van der Waals surface area (Å²) in [4.78, 5) is 10.0. The first-order valence-corrected chi connectivity index (χ1v) is 11.3. The molecule has 6 nitrogen and oxygen atoms in total. The Balaban J connectivity index is 0.00000218. The number of halogens is 1. The second-order valence-electron chi connectivity index (χ2n) is 9.02. The maximum Gasteiger partial charge on any atom is 0.193 e. The number of ether oxygens (including phenoxy) is 2. The number of guanidine groups is 1. The summed E-state index contributed by atoms with van der Waals surface area (Å²) in [5.74, 6) is 4.08. The third kappa shape index (κ3) is 4.24. The highest BCUT2D eigenvalue weighted by Crippen LogP contribution is 2.47. The molecule has 0 spiro atoms. The molecule has 2 bridgehead atoms. The van der Waals surface area contributed by atoms with Gasteiger partial charge in [-0.2, -0.15) is 0 Å². The van der Waals surface area contributed by atoms with Crippen molar-refractivity contribution < 1.29 is 9.47 Å². The molecule has 1 N–H and O–H groups in total. The second kappa shape index (κ2) is 9.51. The quantitative estimate of drug-likeness (QED) is 0.363. The van der Waals surface area contributed by atoms with E-state index in [1.54, 1.807) is 7.11 Å². The van der Waals surface area contributed by atoms with E-state index in [1.807, 2.05) is 6.07 Å². The molecule has 0 aromatic heterocycles. The molecule has 0 amide bonds. The molecule has 30 heavy (non-hydrogen) atoms. The van der Waals surface area contributed by atoms with Crippen molar-refractivity contribution in [2.24, 2.45) is 22.7 Å². The van der Waals surface area contributed by atoms with Crippen LogP contribution < -0.4 is 15.0 Å². The number of likely N-dealkylation sites (tertiary alicyclic amines) is 1. The molecule has 1 aromatic carbocycles. The van der Waals surface area contributed by atoms with Crippen LogP contribution in [0.3, 0.4) is 0 Å². The number of methoxy groups -OCH3 is 1. The van der Waals surface area contributed by atoms with E-state index in [0.29, 0.717) is 30.0 Å². The first-order valence-electron chi connectivity index (χ1n) is 11.3. The SMILES string of the molecule is CCNC(=NCC1CCN(c2cccc(OC)c2)C1)N1CC2C3CCC(O3)C2C1.I. The van der Waals surface area contributed by atoms with Crippen molar-refractivity contribution in [3.05, 3.63) is 24.3 Å². The van der Waals surface area contributed by atoms with E-state index in [1.165, 1.54) is 24.9 Å². The van der Waals surface area contributed by atoms with E-state index < -0.39 is 0 Å². The molecule has 4 saturated heterocycles. The van der Waals surface area contributed by atoms with Crippen LogP contribution in [0.5, 0.6) is 5.75 Å². The molecule has 166 valence electrons. The highest BCUT2D eigenvalue weighted by atomic mass is 127. The number of rotatable bonds is 5. The number of aliphatic imine (C=N–C) groups is 1. The van der Waals surface area contributed by atoms with Gasteiger partial charge < -0.3 is 24.6 Å². The van der Waals surface area contributed by atoms with E-state index in [9.17, 15) is 0 Å². The Hall–Kier alpha value is -1.22. The van der Waals surface area contributed by atoms with Crippen LogP contribution in [-0.2, 0) is 4.74 Å². The van der Waals surface area contributed by atoms with Gasteiger partial charge in [0.05, 0.1) is 19.3 Å². The Morgan fingerprint density at radius 1 is 1.17 bits per heavy atom. The lowest BCUT2D eigenvalue weighted by atomic mass is 9.82. The molecule has 4 fully saturated rings. The molecule has 4 aliphatic heterocycles. The molecule has 5 unspecified atom stereocenters. The fraction of sp³-hybridized carbons (Fsp3) is 0.696. The molecular weight excluding hydrogens is 491 g/mol. The number of hydrogen-bond donors (Lipinski definition) is 1. The van der Waals surface area contributed by atoms with Crippen molar-refractivity contribution in [2.75, 3.05) is 51.3 Å². The van der Waals surface area contributed by atoms with Gasteiger partial charge in [0, 0.05) is 62.9 Å². The van der Waals surface area contributed by atoms with E-state index in [0.717, 1.165) is 51.0 Å². The summed E-state index contributed by atoms with van der Waals surface area (Å²) in [6.07, 6.45) is 4.72. The van der Waals surface area contributed by atoms with Crippen LogP contribution in [0.4, 0.5) is 5.69 Å². The first kappa shape index (κ1) is 22.0. The van der Waals surface area contributed by atoms with Crippen LogP contribution >= 0.6 is 24.0 Å². The zero-order valence-electron chi connectivity index (χ0n) is 18.1.